The molecule has 0 aromatic heterocycles. The number of aryl methyl sites for hydroxylation is 1. The summed E-state index contributed by atoms with van der Waals surface area (Å²) in [6, 6.07) is 23.5. The third kappa shape index (κ3) is 7.24. The number of halogens is 2. The second-order valence-corrected chi connectivity index (χ2v) is 13.0. The molecule has 2 amide bonds. The van der Waals surface area contributed by atoms with Gasteiger partial charge in [0.2, 0.25) is 5.91 Å². The summed E-state index contributed by atoms with van der Waals surface area (Å²) >= 11 is 3.41. The van der Waals surface area contributed by atoms with Crippen molar-refractivity contribution < 1.29 is 18.7 Å². The number of hydrogen-bond donors (Lipinski definition) is 1. The average Bonchev–Trinajstić information content (AvgIpc) is 3.87. The van der Waals surface area contributed by atoms with Crippen molar-refractivity contribution in [1.29, 1.82) is 0 Å². The van der Waals surface area contributed by atoms with Crippen LogP contribution in [0.1, 0.15) is 49.3 Å². The lowest BCUT2D eigenvalue weighted by molar-refractivity contribution is -0.132. The molecule has 1 saturated carbocycles. The molecular formula is C36H39BrFN3O3. The van der Waals surface area contributed by atoms with Gasteiger partial charge in [-0.2, -0.15) is 0 Å². The highest BCUT2D eigenvalue weighted by Gasteiger charge is 2.42. The second-order valence-electron chi connectivity index (χ2n) is 12.1. The summed E-state index contributed by atoms with van der Waals surface area (Å²) in [5, 5.41) is 3.68. The molecule has 3 aliphatic rings. The van der Waals surface area contributed by atoms with Crippen LogP contribution >= 0.6 is 15.9 Å². The molecule has 6 nitrogen and oxygen atoms in total. The summed E-state index contributed by atoms with van der Waals surface area (Å²) in [6.45, 7) is 3.94. The Hall–Kier alpha value is -3.49. The van der Waals surface area contributed by atoms with Gasteiger partial charge in [0.05, 0.1) is 17.1 Å². The van der Waals surface area contributed by atoms with Crippen molar-refractivity contribution in [2.75, 3.05) is 26.2 Å². The number of amides is 2. The molecule has 0 spiro atoms. The summed E-state index contributed by atoms with van der Waals surface area (Å²) < 4.78 is 20.1. The number of carbonyl (C=O) groups excluding carboxylic acids is 2. The van der Waals surface area contributed by atoms with Crippen LogP contribution < -0.4 is 10.1 Å². The van der Waals surface area contributed by atoms with Gasteiger partial charge in [-0.25, -0.2) is 4.39 Å². The first-order valence-electron chi connectivity index (χ1n) is 15.6. The molecule has 230 valence electrons. The van der Waals surface area contributed by atoms with Gasteiger partial charge in [0.25, 0.3) is 5.91 Å². The summed E-state index contributed by atoms with van der Waals surface area (Å²) in [7, 11) is 0. The van der Waals surface area contributed by atoms with Crippen molar-refractivity contribution in [3.8, 4) is 5.75 Å². The molecule has 3 aromatic rings. The van der Waals surface area contributed by atoms with Gasteiger partial charge in [-0.3, -0.25) is 9.59 Å². The van der Waals surface area contributed by atoms with Crippen molar-refractivity contribution in [3.05, 3.63) is 105 Å². The lowest BCUT2D eigenvalue weighted by Gasteiger charge is -2.44. The maximum absolute atomic E-state index is 14.4. The zero-order valence-corrected chi connectivity index (χ0v) is 26.7. The predicted octanol–water partition coefficient (Wildman–Crippen LogP) is 6.18. The van der Waals surface area contributed by atoms with E-state index in [4.69, 9.17) is 4.74 Å². The van der Waals surface area contributed by atoms with E-state index in [-0.39, 0.29) is 35.8 Å². The normalized spacial score (nSPS) is 19.6. The fraction of sp³-hybridized carbons (Fsp3) is 0.389. The van der Waals surface area contributed by atoms with Crippen LogP contribution in [0.4, 0.5) is 4.39 Å². The number of fused-ring (bicyclic) bond motifs is 2. The van der Waals surface area contributed by atoms with Crippen LogP contribution in [-0.4, -0.2) is 66.0 Å². The van der Waals surface area contributed by atoms with E-state index in [1.54, 1.807) is 13.0 Å². The van der Waals surface area contributed by atoms with Crippen molar-refractivity contribution in [2.24, 2.45) is 0 Å². The van der Waals surface area contributed by atoms with E-state index >= 15 is 0 Å². The standard InChI is InChI=1S/C36H39BrFN3O3/c1-24(42)40-22-29-21-31(27-11-9-26(10-12-27)8-5-19-44-34-20-28(38)13-16-32(34)37)35(33(23-40)39-29)36(43)41(30-14-15-30)18-17-25-6-3-2-4-7-25/h2-4,6-7,9-13,16,20,29-30,33,39H,5,8,14-15,17-19,21-23H2,1H3/t29-,33-/m1/s1. The molecule has 8 heteroatoms. The molecule has 44 heavy (non-hydrogen) atoms. The van der Waals surface area contributed by atoms with E-state index in [1.165, 1.54) is 23.3 Å². The minimum atomic E-state index is -0.321. The van der Waals surface area contributed by atoms with Crippen molar-refractivity contribution >= 4 is 33.3 Å². The van der Waals surface area contributed by atoms with E-state index in [2.05, 4.69) is 62.5 Å². The molecule has 3 aromatic carbocycles. The predicted molar refractivity (Wildman–Crippen MR) is 174 cm³/mol. The van der Waals surface area contributed by atoms with Crippen molar-refractivity contribution in [1.82, 2.24) is 15.1 Å². The van der Waals surface area contributed by atoms with Crippen LogP contribution in [0.3, 0.4) is 0 Å². The monoisotopic (exact) mass is 659 g/mol. The lowest BCUT2D eigenvalue weighted by Crippen LogP contribution is -2.62. The third-order valence-electron chi connectivity index (χ3n) is 8.88. The molecule has 0 radical (unpaired) electrons. The van der Waals surface area contributed by atoms with Gasteiger partial charge >= 0.3 is 0 Å². The maximum atomic E-state index is 14.4. The number of nitrogens with zero attached hydrogens (tertiary/aromatic N) is 2. The average molecular weight is 661 g/mol. The zero-order valence-electron chi connectivity index (χ0n) is 25.1. The van der Waals surface area contributed by atoms with E-state index in [9.17, 15) is 14.0 Å². The fourth-order valence-corrected chi connectivity index (χ4v) is 6.79. The van der Waals surface area contributed by atoms with Crippen LogP contribution in [0.2, 0.25) is 0 Å². The zero-order chi connectivity index (χ0) is 30.6. The van der Waals surface area contributed by atoms with Gasteiger partial charge in [0.15, 0.2) is 0 Å². The fourth-order valence-electron chi connectivity index (χ4n) is 6.43. The smallest absolute Gasteiger partial charge is 0.252 e. The van der Waals surface area contributed by atoms with Crippen molar-refractivity contribution in [2.45, 2.75) is 63.6 Å². The van der Waals surface area contributed by atoms with Gasteiger partial charge in [-0.05, 0) is 88.9 Å². The van der Waals surface area contributed by atoms with E-state index in [1.807, 2.05) is 23.1 Å². The Kier molecular flexibility index (Phi) is 9.47. The lowest BCUT2D eigenvalue weighted by atomic mass is 9.82. The number of carbonyl (C=O) groups is 2. The van der Waals surface area contributed by atoms with Crippen LogP contribution in [-0.2, 0) is 22.4 Å². The number of hydrogen-bond acceptors (Lipinski definition) is 4. The van der Waals surface area contributed by atoms with Gasteiger partial charge in [-0.1, -0.05) is 54.6 Å². The maximum Gasteiger partial charge on any atom is 0.252 e. The highest BCUT2D eigenvalue weighted by atomic mass is 79.9. The molecular weight excluding hydrogens is 621 g/mol. The molecule has 1 N–H and O–H groups in total. The number of nitrogens with one attached hydrogen (secondary N) is 1. The van der Waals surface area contributed by atoms with Crippen LogP contribution in [0.25, 0.3) is 5.57 Å². The van der Waals surface area contributed by atoms with Gasteiger partial charge in [0, 0.05) is 50.3 Å². The van der Waals surface area contributed by atoms with Crippen LogP contribution in [0.15, 0.2) is 82.8 Å². The minimum Gasteiger partial charge on any atom is -0.492 e. The van der Waals surface area contributed by atoms with E-state index < -0.39 is 0 Å². The molecule has 2 atom stereocenters. The summed E-state index contributed by atoms with van der Waals surface area (Å²) in [5.41, 5.74) is 5.40. The van der Waals surface area contributed by atoms with E-state index in [0.717, 1.165) is 53.3 Å². The molecule has 6 rings (SSSR count). The number of piperazine rings is 1. The third-order valence-corrected chi connectivity index (χ3v) is 9.53. The van der Waals surface area contributed by atoms with Gasteiger partial charge < -0.3 is 19.9 Å². The molecule has 0 unspecified atom stereocenters. The first-order chi connectivity index (χ1) is 21.4. The quantitative estimate of drug-likeness (QED) is 0.250. The Morgan fingerprint density at radius 1 is 1.00 bits per heavy atom. The Morgan fingerprint density at radius 3 is 2.48 bits per heavy atom. The second kappa shape index (κ2) is 13.7. The highest BCUT2D eigenvalue weighted by Crippen LogP contribution is 2.37. The molecule has 2 aliphatic heterocycles. The Bertz CT molecular complexity index is 1520. The summed E-state index contributed by atoms with van der Waals surface area (Å²) in [6.07, 6.45) is 5.22. The van der Waals surface area contributed by atoms with Crippen LogP contribution in [0.5, 0.6) is 5.75 Å². The molecule has 2 heterocycles. The minimum absolute atomic E-state index is 0.0537. The van der Waals surface area contributed by atoms with Gasteiger partial charge in [0.1, 0.15) is 11.6 Å². The first-order valence-corrected chi connectivity index (χ1v) is 16.4. The van der Waals surface area contributed by atoms with Gasteiger partial charge in [-0.15, -0.1) is 0 Å². The topological polar surface area (TPSA) is 61.9 Å². The Morgan fingerprint density at radius 2 is 1.75 bits per heavy atom. The molecule has 1 saturated heterocycles. The highest BCUT2D eigenvalue weighted by molar-refractivity contribution is 9.10. The Labute approximate surface area is 267 Å². The number of rotatable bonds is 11. The SMILES string of the molecule is CC(=O)N1C[C@H]2CC(c3ccc(CCCOc4cc(F)ccc4Br)cc3)=C(C(=O)N(CCc3ccccc3)C3CC3)[C@@H](C1)N2. The number of benzene rings is 3. The summed E-state index contributed by atoms with van der Waals surface area (Å²) in [4.78, 5) is 30.8. The Balaban J connectivity index is 1.20. The molecule has 2 bridgehead atoms. The van der Waals surface area contributed by atoms with E-state index in [0.29, 0.717) is 38.4 Å². The van der Waals surface area contributed by atoms with Crippen molar-refractivity contribution in [3.63, 3.8) is 0 Å². The molecule has 2 fully saturated rings. The summed E-state index contributed by atoms with van der Waals surface area (Å²) in [5.74, 6) is 0.342. The molecule has 1 aliphatic carbocycles. The number of ether oxygens (including phenoxy) is 1. The largest absolute Gasteiger partial charge is 0.492 e. The first kappa shape index (κ1) is 30.5. The van der Waals surface area contributed by atoms with Crippen LogP contribution in [0, 0.1) is 5.82 Å².